The fraction of sp³-hybridized carbons (Fsp3) is 0.400. The Labute approximate surface area is 101 Å². The number of hydrogen-bond donors (Lipinski definition) is 0. The summed E-state index contributed by atoms with van der Waals surface area (Å²) in [6.07, 6.45) is 0. The molecule has 0 aliphatic heterocycles. The van der Waals surface area contributed by atoms with Gasteiger partial charge in [0.2, 0.25) is 0 Å². The number of nitriles is 1. The number of amides is 1. The number of carbonyl (C=O) groups is 1. The van der Waals surface area contributed by atoms with Gasteiger partial charge in [-0.25, -0.2) is 0 Å². The number of thiophene rings is 1. The predicted octanol–water partition coefficient (Wildman–Crippen LogP) is 2.88. The van der Waals surface area contributed by atoms with E-state index < -0.39 is 0 Å². The molecule has 15 heavy (non-hydrogen) atoms. The fourth-order valence-electron chi connectivity index (χ4n) is 1.14. The normalized spacial score (nSPS) is 10.1. The summed E-state index contributed by atoms with van der Waals surface area (Å²) in [7, 11) is 0. The summed E-state index contributed by atoms with van der Waals surface area (Å²) in [6.45, 7) is 3.93. The van der Waals surface area contributed by atoms with E-state index in [1.54, 1.807) is 11.0 Å². The van der Waals surface area contributed by atoms with Crippen molar-refractivity contribution in [2.75, 3.05) is 6.54 Å². The van der Waals surface area contributed by atoms with Crippen molar-refractivity contribution in [3.63, 3.8) is 0 Å². The first-order valence-electron chi connectivity index (χ1n) is 4.49. The molecule has 0 bridgehead atoms. The Hall–Kier alpha value is -0.860. The van der Waals surface area contributed by atoms with E-state index in [0.717, 1.165) is 3.79 Å². The highest BCUT2D eigenvalue weighted by Crippen LogP contribution is 2.23. The molecule has 80 valence electrons. The number of carbonyl (C=O) groups excluding carboxylic acids is 1. The largest absolute Gasteiger partial charge is 0.322 e. The van der Waals surface area contributed by atoms with E-state index in [9.17, 15) is 4.79 Å². The van der Waals surface area contributed by atoms with Gasteiger partial charge in [0.15, 0.2) is 0 Å². The summed E-state index contributed by atoms with van der Waals surface area (Å²) in [4.78, 5) is 14.2. The summed E-state index contributed by atoms with van der Waals surface area (Å²) in [5.41, 5.74) is 0. The smallest absolute Gasteiger partial charge is 0.265 e. The Morgan fingerprint density at radius 2 is 2.33 bits per heavy atom. The van der Waals surface area contributed by atoms with Gasteiger partial charge >= 0.3 is 0 Å². The molecule has 0 aliphatic carbocycles. The topological polar surface area (TPSA) is 44.1 Å². The maximum absolute atomic E-state index is 12.0. The molecule has 1 aromatic rings. The SMILES string of the molecule is CC(C)N(CC#N)C(=O)c1ccc(Br)s1. The van der Waals surface area contributed by atoms with Crippen molar-refractivity contribution in [2.24, 2.45) is 0 Å². The predicted molar refractivity (Wildman–Crippen MR) is 63.8 cm³/mol. The highest BCUT2D eigenvalue weighted by Gasteiger charge is 2.19. The standard InChI is InChI=1S/C10H11BrN2OS/c1-7(2)13(6-5-12)10(14)8-3-4-9(11)15-8/h3-4,7H,6H2,1-2H3. The molecule has 0 fully saturated rings. The van der Waals surface area contributed by atoms with Crippen molar-refractivity contribution < 1.29 is 4.79 Å². The van der Waals surface area contributed by atoms with Crippen LogP contribution in [0.1, 0.15) is 23.5 Å². The van der Waals surface area contributed by atoms with Crippen molar-refractivity contribution in [1.29, 1.82) is 5.26 Å². The van der Waals surface area contributed by atoms with Crippen LogP contribution in [-0.2, 0) is 0 Å². The molecule has 0 saturated carbocycles. The highest BCUT2D eigenvalue weighted by atomic mass is 79.9. The fourth-order valence-corrected chi connectivity index (χ4v) is 2.48. The van der Waals surface area contributed by atoms with E-state index in [0.29, 0.717) is 4.88 Å². The Morgan fingerprint density at radius 1 is 1.67 bits per heavy atom. The second-order valence-electron chi connectivity index (χ2n) is 3.29. The first-order valence-corrected chi connectivity index (χ1v) is 6.10. The van der Waals surface area contributed by atoms with Gasteiger partial charge in [0.25, 0.3) is 5.91 Å². The average Bonchev–Trinajstić information content (AvgIpc) is 2.59. The van der Waals surface area contributed by atoms with E-state index >= 15 is 0 Å². The zero-order chi connectivity index (χ0) is 11.4. The minimum Gasteiger partial charge on any atom is -0.322 e. The minimum absolute atomic E-state index is 0.0398. The number of hydrogen-bond acceptors (Lipinski definition) is 3. The molecule has 3 nitrogen and oxygen atoms in total. The molecule has 0 radical (unpaired) electrons. The van der Waals surface area contributed by atoms with Gasteiger partial charge in [0.1, 0.15) is 6.54 Å². The van der Waals surface area contributed by atoms with Gasteiger partial charge in [0, 0.05) is 6.04 Å². The third-order valence-corrected chi connectivity index (χ3v) is 3.52. The lowest BCUT2D eigenvalue weighted by Crippen LogP contribution is -2.36. The quantitative estimate of drug-likeness (QED) is 0.802. The van der Waals surface area contributed by atoms with Crippen LogP contribution in [-0.4, -0.2) is 23.4 Å². The maximum atomic E-state index is 12.0. The lowest BCUT2D eigenvalue weighted by molar-refractivity contribution is 0.0736. The Kier molecular flexibility index (Phi) is 4.30. The Balaban J connectivity index is 2.86. The number of nitrogens with zero attached hydrogens (tertiary/aromatic N) is 2. The zero-order valence-electron chi connectivity index (χ0n) is 8.53. The van der Waals surface area contributed by atoms with Gasteiger partial charge in [-0.2, -0.15) is 5.26 Å². The highest BCUT2D eigenvalue weighted by molar-refractivity contribution is 9.11. The van der Waals surface area contributed by atoms with Crippen LogP contribution in [0.5, 0.6) is 0 Å². The van der Waals surface area contributed by atoms with Crippen molar-refractivity contribution >= 4 is 33.2 Å². The molecule has 0 aromatic carbocycles. The van der Waals surface area contributed by atoms with Crippen LogP contribution in [0.25, 0.3) is 0 Å². The van der Waals surface area contributed by atoms with E-state index in [-0.39, 0.29) is 18.5 Å². The molecule has 1 amide bonds. The summed E-state index contributed by atoms with van der Waals surface area (Å²) in [6, 6.07) is 5.65. The summed E-state index contributed by atoms with van der Waals surface area (Å²) in [5, 5.41) is 8.64. The summed E-state index contributed by atoms with van der Waals surface area (Å²) >= 11 is 4.69. The molecular weight excluding hydrogens is 276 g/mol. The molecule has 0 saturated heterocycles. The first-order chi connectivity index (χ1) is 7.06. The first kappa shape index (κ1) is 12.2. The van der Waals surface area contributed by atoms with Gasteiger partial charge in [0.05, 0.1) is 14.7 Å². The van der Waals surface area contributed by atoms with Gasteiger partial charge in [-0.05, 0) is 41.9 Å². The van der Waals surface area contributed by atoms with Crippen LogP contribution in [0.2, 0.25) is 0 Å². The zero-order valence-corrected chi connectivity index (χ0v) is 10.9. The third kappa shape index (κ3) is 3.05. The molecule has 0 spiro atoms. The molecule has 1 aromatic heterocycles. The van der Waals surface area contributed by atoms with E-state index in [1.807, 2.05) is 26.0 Å². The van der Waals surface area contributed by atoms with Crippen LogP contribution in [0, 0.1) is 11.3 Å². The summed E-state index contributed by atoms with van der Waals surface area (Å²) in [5.74, 6) is -0.0812. The van der Waals surface area contributed by atoms with Gasteiger partial charge in [-0.3, -0.25) is 4.79 Å². The van der Waals surface area contributed by atoms with Gasteiger partial charge < -0.3 is 4.90 Å². The summed E-state index contributed by atoms with van der Waals surface area (Å²) < 4.78 is 0.923. The molecule has 0 aliphatic rings. The molecular formula is C10H11BrN2OS. The number of rotatable bonds is 3. The lowest BCUT2D eigenvalue weighted by Gasteiger charge is -2.22. The van der Waals surface area contributed by atoms with Crippen molar-refractivity contribution in [3.05, 3.63) is 20.8 Å². The number of halogens is 1. The molecule has 5 heteroatoms. The van der Waals surface area contributed by atoms with Gasteiger partial charge in [-0.1, -0.05) is 0 Å². The second-order valence-corrected chi connectivity index (χ2v) is 5.75. The minimum atomic E-state index is -0.0812. The monoisotopic (exact) mass is 286 g/mol. The molecule has 1 heterocycles. The molecule has 1 rings (SSSR count). The van der Waals surface area contributed by atoms with Crippen LogP contribution >= 0.6 is 27.3 Å². The second kappa shape index (κ2) is 5.29. The van der Waals surface area contributed by atoms with Crippen LogP contribution in [0.4, 0.5) is 0 Å². The average molecular weight is 287 g/mol. The van der Waals surface area contributed by atoms with Crippen molar-refractivity contribution in [1.82, 2.24) is 4.90 Å². The van der Waals surface area contributed by atoms with E-state index in [2.05, 4.69) is 15.9 Å². The third-order valence-electron chi connectivity index (χ3n) is 1.91. The van der Waals surface area contributed by atoms with Gasteiger partial charge in [-0.15, -0.1) is 11.3 Å². The maximum Gasteiger partial charge on any atom is 0.265 e. The van der Waals surface area contributed by atoms with Crippen molar-refractivity contribution in [2.45, 2.75) is 19.9 Å². The molecule has 0 N–H and O–H groups in total. The van der Waals surface area contributed by atoms with Crippen LogP contribution in [0.15, 0.2) is 15.9 Å². The van der Waals surface area contributed by atoms with E-state index in [4.69, 9.17) is 5.26 Å². The van der Waals surface area contributed by atoms with E-state index in [1.165, 1.54) is 11.3 Å². The van der Waals surface area contributed by atoms with Crippen LogP contribution in [0.3, 0.4) is 0 Å². The van der Waals surface area contributed by atoms with Crippen LogP contribution < -0.4 is 0 Å². The molecule has 0 unspecified atom stereocenters. The Morgan fingerprint density at radius 3 is 2.73 bits per heavy atom. The molecule has 0 atom stereocenters. The lowest BCUT2D eigenvalue weighted by atomic mass is 10.3. The van der Waals surface area contributed by atoms with Crippen molar-refractivity contribution in [3.8, 4) is 6.07 Å². The Bertz CT molecular complexity index is 394.